The molecule has 0 saturated carbocycles. The average molecular weight is 267 g/mol. The minimum absolute atomic E-state index is 0.205. The lowest BCUT2D eigenvalue weighted by Gasteiger charge is -2.22. The minimum atomic E-state index is -0.375. The molecule has 0 aliphatic rings. The van der Waals surface area contributed by atoms with Crippen LogP contribution in [0.15, 0.2) is 73.3 Å². The molecule has 0 heterocycles. The monoisotopic (exact) mass is 267 g/mol. The fourth-order valence-electron chi connectivity index (χ4n) is 1.84. The molecule has 0 bridgehead atoms. The van der Waals surface area contributed by atoms with E-state index in [0.29, 0.717) is 6.54 Å². The zero-order chi connectivity index (χ0) is 14.2. The van der Waals surface area contributed by atoms with Crippen LogP contribution < -0.4 is 4.90 Å². The maximum absolute atomic E-state index is 12.2. The normalized spacial score (nSPS) is 9.80. The second-order valence-electron chi connectivity index (χ2n) is 4.27. The van der Waals surface area contributed by atoms with Gasteiger partial charge in [-0.15, -0.1) is 0 Å². The Morgan fingerprint density at radius 3 is 2.25 bits per heavy atom. The number of benzene rings is 2. The zero-order valence-electron chi connectivity index (χ0n) is 11.2. The molecule has 20 heavy (non-hydrogen) atoms. The van der Waals surface area contributed by atoms with Gasteiger partial charge in [0, 0.05) is 5.69 Å². The van der Waals surface area contributed by atoms with Crippen molar-refractivity contribution in [1.29, 1.82) is 0 Å². The summed E-state index contributed by atoms with van der Waals surface area (Å²) in [5.41, 5.74) is 1.86. The highest BCUT2D eigenvalue weighted by Crippen LogP contribution is 2.18. The lowest BCUT2D eigenvalue weighted by molar-refractivity contribution is 0.165. The third-order valence-corrected chi connectivity index (χ3v) is 2.80. The van der Waals surface area contributed by atoms with Crippen LogP contribution in [0.4, 0.5) is 10.5 Å². The average Bonchev–Trinajstić information content (AvgIpc) is 2.52. The maximum atomic E-state index is 12.2. The SMILES string of the molecule is C=CCOC(=O)N(Cc1ccccc1)c1ccccc1. The third-order valence-electron chi connectivity index (χ3n) is 2.80. The van der Waals surface area contributed by atoms with Crippen LogP contribution in [-0.2, 0) is 11.3 Å². The molecular weight excluding hydrogens is 250 g/mol. The van der Waals surface area contributed by atoms with Crippen molar-refractivity contribution >= 4 is 11.8 Å². The Labute approximate surface area is 119 Å². The van der Waals surface area contributed by atoms with Crippen molar-refractivity contribution in [3.63, 3.8) is 0 Å². The van der Waals surface area contributed by atoms with Gasteiger partial charge in [0.05, 0.1) is 6.54 Å². The van der Waals surface area contributed by atoms with E-state index in [9.17, 15) is 4.79 Å². The molecule has 2 rings (SSSR count). The summed E-state index contributed by atoms with van der Waals surface area (Å²) in [7, 11) is 0. The van der Waals surface area contributed by atoms with E-state index in [4.69, 9.17) is 4.74 Å². The lowest BCUT2D eigenvalue weighted by atomic mass is 10.2. The van der Waals surface area contributed by atoms with Crippen molar-refractivity contribution in [3.8, 4) is 0 Å². The number of hydrogen-bond acceptors (Lipinski definition) is 2. The van der Waals surface area contributed by atoms with Gasteiger partial charge in [-0.25, -0.2) is 4.79 Å². The number of hydrogen-bond donors (Lipinski definition) is 0. The standard InChI is InChI=1S/C17H17NO2/c1-2-13-20-17(19)18(16-11-7-4-8-12-16)14-15-9-5-3-6-10-15/h2-12H,1,13-14H2. The Morgan fingerprint density at radius 2 is 1.65 bits per heavy atom. The van der Waals surface area contributed by atoms with Gasteiger partial charge in [0.25, 0.3) is 0 Å². The Morgan fingerprint density at radius 1 is 1.05 bits per heavy atom. The molecular formula is C17H17NO2. The summed E-state index contributed by atoms with van der Waals surface area (Å²) in [4.78, 5) is 13.8. The second-order valence-corrected chi connectivity index (χ2v) is 4.27. The van der Waals surface area contributed by atoms with Crippen molar-refractivity contribution in [3.05, 3.63) is 78.9 Å². The van der Waals surface area contributed by atoms with Crippen molar-refractivity contribution < 1.29 is 9.53 Å². The lowest BCUT2D eigenvalue weighted by Crippen LogP contribution is -2.31. The highest BCUT2D eigenvalue weighted by atomic mass is 16.6. The third kappa shape index (κ3) is 3.72. The highest BCUT2D eigenvalue weighted by Gasteiger charge is 2.16. The zero-order valence-corrected chi connectivity index (χ0v) is 11.2. The summed E-state index contributed by atoms with van der Waals surface area (Å²) in [6.45, 7) is 4.23. The first-order valence-electron chi connectivity index (χ1n) is 6.45. The molecule has 0 radical (unpaired) electrons. The van der Waals surface area contributed by atoms with Crippen molar-refractivity contribution in [2.24, 2.45) is 0 Å². The van der Waals surface area contributed by atoms with Gasteiger partial charge < -0.3 is 4.74 Å². The highest BCUT2D eigenvalue weighted by molar-refractivity contribution is 5.87. The van der Waals surface area contributed by atoms with Crippen LogP contribution in [0.25, 0.3) is 0 Å². The fourth-order valence-corrected chi connectivity index (χ4v) is 1.84. The molecule has 0 atom stereocenters. The number of carbonyl (C=O) groups is 1. The molecule has 3 nitrogen and oxygen atoms in total. The summed E-state index contributed by atoms with van der Waals surface area (Å²) in [6.07, 6.45) is 1.18. The molecule has 0 N–H and O–H groups in total. The molecule has 0 spiro atoms. The van der Waals surface area contributed by atoms with E-state index >= 15 is 0 Å². The molecule has 0 aromatic heterocycles. The van der Waals surface area contributed by atoms with Gasteiger partial charge in [0.2, 0.25) is 0 Å². The fraction of sp³-hybridized carbons (Fsp3) is 0.118. The smallest absolute Gasteiger partial charge is 0.414 e. The predicted octanol–water partition coefficient (Wildman–Crippen LogP) is 4.02. The van der Waals surface area contributed by atoms with Gasteiger partial charge in [0.15, 0.2) is 0 Å². The van der Waals surface area contributed by atoms with Gasteiger partial charge in [0.1, 0.15) is 6.61 Å². The van der Waals surface area contributed by atoms with Crippen molar-refractivity contribution in [2.75, 3.05) is 11.5 Å². The molecule has 0 fully saturated rings. The van der Waals surface area contributed by atoms with Gasteiger partial charge in [-0.2, -0.15) is 0 Å². The van der Waals surface area contributed by atoms with E-state index in [1.165, 1.54) is 0 Å². The second kappa shape index (κ2) is 7.14. The summed E-state index contributed by atoms with van der Waals surface area (Å²) >= 11 is 0. The number of ether oxygens (including phenoxy) is 1. The quantitative estimate of drug-likeness (QED) is 0.766. The number of para-hydroxylation sites is 1. The van der Waals surface area contributed by atoms with E-state index in [-0.39, 0.29) is 12.7 Å². The van der Waals surface area contributed by atoms with Gasteiger partial charge in [-0.3, -0.25) is 4.90 Å². The van der Waals surface area contributed by atoms with Crippen LogP contribution in [0.1, 0.15) is 5.56 Å². The van der Waals surface area contributed by atoms with E-state index in [1.54, 1.807) is 11.0 Å². The van der Waals surface area contributed by atoms with Crippen LogP contribution in [-0.4, -0.2) is 12.7 Å². The number of nitrogens with zero attached hydrogens (tertiary/aromatic N) is 1. The molecule has 0 saturated heterocycles. The van der Waals surface area contributed by atoms with Gasteiger partial charge in [-0.1, -0.05) is 61.2 Å². The minimum Gasteiger partial charge on any atom is -0.445 e. The van der Waals surface area contributed by atoms with E-state index in [1.807, 2.05) is 60.7 Å². The van der Waals surface area contributed by atoms with E-state index in [0.717, 1.165) is 11.3 Å². The van der Waals surface area contributed by atoms with Gasteiger partial charge >= 0.3 is 6.09 Å². The molecule has 3 heteroatoms. The largest absolute Gasteiger partial charge is 0.445 e. The Bertz CT molecular complexity index is 552. The molecule has 2 aromatic rings. The van der Waals surface area contributed by atoms with E-state index < -0.39 is 0 Å². The number of amides is 1. The first-order chi connectivity index (χ1) is 9.81. The van der Waals surface area contributed by atoms with Crippen LogP contribution in [0.2, 0.25) is 0 Å². The molecule has 0 aliphatic heterocycles. The summed E-state index contributed by atoms with van der Waals surface area (Å²) < 4.78 is 5.15. The molecule has 0 unspecified atom stereocenters. The van der Waals surface area contributed by atoms with Crippen LogP contribution in [0, 0.1) is 0 Å². The summed E-state index contributed by atoms with van der Waals surface area (Å²) in [5, 5.41) is 0. The Balaban J connectivity index is 2.20. The first kappa shape index (κ1) is 13.9. The summed E-state index contributed by atoms with van der Waals surface area (Å²) in [6, 6.07) is 19.3. The molecule has 1 amide bonds. The number of rotatable bonds is 5. The predicted molar refractivity (Wildman–Crippen MR) is 80.6 cm³/mol. The van der Waals surface area contributed by atoms with Crippen LogP contribution >= 0.6 is 0 Å². The first-order valence-corrected chi connectivity index (χ1v) is 6.45. The van der Waals surface area contributed by atoms with Crippen LogP contribution in [0.5, 0.6) is 0 Å². The molecule has 2 aromatic carbocycles. The van der Waals surface area contributed by atoms with E-state index in [2.05, 4.69) is 6.58 Å². The molecule has 102 valence electrons. The maximum Gasteiger partial charge on any atom is 0.414 e. The Kier molecular flexibility index (Phi) is 4.95. The van der Waals surface area contributed by atoms with Crippen molar-refractivity contribution in [2.45, 2.75) is 6.54 Å². The van der Waals surface area contributed by atoms with Crippen molar-refractivity contribution in [1.82, 2.24) is 0 Å². The van der Waals surface area contributed by atoms with Crippen LogP contribution in [0.3, 0.4) is 0 Å². The number of anilines is 1. The number of carbonyl (C=O) groups excluding carboxylic acids is 1. The summed E-state index contributed by atoms with van der Waals surface area (Å²) in [5.74, 6) is 0. The Hall–Kier alpha value is -2.55. The molecule has 0 aliphatic carbocycles. The van der Waals surface area contributed by atoms with Gasteiger partial charge in [-0.05, 0) is 17.7 Å². The topological polar surface area (TPSA) is 29.5 Å².